The molecule has 0 aliphatic heterocycles. The molecule has 4 nitrogen and oxygen atoms in total. The monoisotopic (exact) mass is 275 g/mol. The molecule has 0 spiro atoms. The van der Waals surface area contributed by atoms with E-state index in [0.717, 1.165) is 21.8 Å². The summed E-state index contributed by atoms with van der Waals surface area (Å²) in [5, 5.41) is 1.98. The lowest BCUT2D eigenvalue weighted by atomic mass is 10.1. The van der Waals surface area contributed by atoms with Crippen LogP contribution in [-0.2, 0) is 0 Å². The Kier molecular flexibility index (Phi) is 2.38. The molecule has 21 heavy (non-hydrogen) atoms. The van der Waals surface area contributed by atoms with Crippen LogP contribution in [0.4, 0.5) is 5.69 Å². The molecule has 0 amide bonds. The number of hydrogen-bond acceptors (Lipinski definition) is 2. The Labute approximate surface area is 120 Å². The van der Waals surface area contributed by atoms with Crippen LogP contribution in [0, 0.1) is 0 Å². The number of rotatable bonds is 1. The lowest BCUT2D eigenvalue weighted by molar-refractivity contribution is 0.0966. The lowest BCUT2D eigenvalue weighted by Crippen LogP contribution is -2.12. The third kappa shape index (κ3) is 1.66. The minimum atomic E-state index is -0.0871. The molecule has 0 saturated heterocycles. The van der Waals surface area contributed by atoms with Crippen molar-refractivity contribution in [1.29, 1.82) is 0 Å². The molecule has 2 aromatic carbocycles. The number of H-pyrrole nitrogens is 1. The number of nitrogens with zero attached hydrogens (tertiary/aromatic N) is 1. The average molecular weight is 275 g/mol. The van der Waals surface area contributed by atoms with Crippen molar-refractivity contribution in [3.63, 3.8) is 0 Å². The number of nitrogens with one attached hydrogen (secondary N) is 1. The summed E-state index contributed by atoms with van der Waals surface area (Å²) < 4.78 is 1.61. The van der Waals surface area contributed by atoms with Crippen LogP contribution in [-0.4, -0.2) is 15.5 Å². The summed E-state index contributed by atoms with van der Waals surface area (Å²) in [4.78, 5) is 16.0. The molecule has 0 atom stereocenters. The zero-order valence-electron chi connectivity index (χ0n) is 11.2. The van der Waals surface area contributed by atoms with E-state index in [1.165, 1.54) is 0 Å². The second kappa shape index (κ2) is 4.24. The molecule has 0 bridgehead atoms. The SMILES string of the molecule is Nc1cccc2ccn(C(=O)c3cccc4cc[nH]c34)c12. The number of carbonyl (C=O) groups is 1. The highest BCUT2D eigenvalue weighted by Gasteiger charge is 2.16. The quantitative estimate of drug-likeness (QED) is 0.523. The fourth-order valence-electron chi connectivity index (χ4n) is 2.78. The zero-order valence-corrected chi connectivity index (χ0v) is 11.2. The van der Waals surface area contributed by atoms with Gasteiger partial charge in [-0.05, 0) is 24.3 Å². The van der Waals surface area contributed by atoms with Gasteiger partial charge in [0.15, 0.2) is 0 Å². The first kappa shape index (κ1) is 11.8. The molecule has 2 aromatic heterocycles. The van der Waals surface area contributed by atoms with Crippen molar-refractivity contribution >= 4 is 33.4 Å². The molecule has 0 unspecified atom stereocenters. The number of benzene rings is 2. The van der Waals surface area contributed by atoms with E-state index in [2.05, 4.69) is 4.98 Å². The number of carbonyl (C=O) groups excluding carboxylic acids is 1. The number of nitrogen functional groups attached to an aromatic ring is 1. The summed E-state index contributed by atoms with van der Waals surface area (Å²) in [5.41, 5.74) is 8.87. The Hall–Kier alpha value is -3.01. The summed E-state index contributed by atoms with van der Waals surface area (Å²) in [6.45, 7) is 0. The molecule has 0 saturated carbocycles. The van der Waals surface area contributed by atoms with E-state index < -0.39 is 0 Å². The number of fused-ring (bicyclic) bond motifs is 2. The topological polar surface area (TPSA) is 63.8 Å². The van der Waals surface area contributed by atoms with Gasteiger partial charge in [-0.2, -0.15) is 0 Å². The van der Waals surface area contributed by atoms with Crippen molar-refractivity contribution in [3.05, 3.63) is 66.5 Å². The number of aromatic nitrogens is 2. The van der Waals surface area contributed by atoms with E-state index in [4.69, 9.17) is 5.73 Å². The molecule has 0 aliphatic rings. The normalized spacial score (nSPS) is 11.2. The highest BCUT2D eigenvalue weighted by Crippen LogP contribution is 2.25. The first-order chi connectivity index (χ1) is 10.3. The maximum absolute atomic E-state index is 12.9. The highest BCUT2D eigenvalue weighted by molar-refractivity contribution is 6.11. The van der Waals surface area contributed by atoms with Gasteiger partial charge in [0.05, 0.1) is 22.3 Å². The van der Waals surface area contributed by atoms with E-state index in [-0.39, 0.29) is 5.91 Å². The third-order valence-corrected chi connectivity index (χ3v) is 3.78. The average Bonchev–Trinajstić information content (AvgIpc) is 3.13. The van der Waals surface area contributed by atoms with E-state index in [0.29, 0.717) is 11.3 Å². The largest absolute Gasteiger partial charge is 0.397 e. The summed E-state index contributed by atoms with van der Waals surface area (Å²) >= 11 is 0. The molecule has 4 aromatic rings. The molecule has 2 heterocycles. The van der Waals surface area contributed by atoms with Crippen molar-refractivity contribution in [3.8, 4) is 0 Å². The van der Waals surface area contributed by atoms with Gasteiger partial charge in [-0.1, -0.05) is 24.3 Å². The second-order valence-electron chi connectivity index (χ2n) is 5.02. The van der Waals surface area contributed by atoms with Crippen LogP contribution in [0.1, 0.15) is 10.4 Å². The van der Waals surface area contributed by atoms with Crippen LogP contribution in [0.15, 0.2) is 60.9 Å². The van der Waals surface area contributed by atoms with Gasteiger partial charge in [0.1, 0.15) is 0 Å². The molecule has 0 fully saturated rings. The summed E-state index contributed by atoms with van der Waals surface area (Å²) in [7, 11) is 0. The fourth-order valence-corrected chi connectivity index (χ4v) is 2.78. The lowest BCUT2D eigenvalue weighted by Gasteiger charge is -2.07. The van der Waals surface area contributed by atoms with Crippen molar-refractivity contribution < 1.29 is 4.79 Å². The molecule has 3 N–H and O–H groups in total. The number of para-hydroxylation sites is 2. The predicted octanol–water partition coefficient (Wildman–Crippen LogP) is 3.39. The molecule has 4 heteroatoms. The Balaban J connectivity index is 1.97. The standard InChI is InChI=1S/C17H13N3O/c18-14-6-2-4-12-8-10-20(16(12)14)17(21)13-5-1-3-11-7-9-19-15(11)13/h1-10,19H,18H2. The van der Waals surface area contributed by atoms with Gasteiger partial charge in [0.2, 0.25) is 0 Å². The fraction of sp³-hybridized carbons (Fsp3) is 0. The second-order valence-corrected chi connectivity index (χ2v) is 5.02. The van der Waals surface area contributed by atoms with Crippen LogP contribution >= 0.6 is 0 Å². The van der Waals surface area contributed by atoms with Crippen molar-refractivity contribution in [2.75, 3.05) is 5.73 Å². The molecule has 102 valence electrons. The number of anilines is 1. The highest BCUT2D eigenvalue weighted by atomic mass is 16.2. The Bertz CT molecular complexity index is 978. The van der Waals surface area contributed by atoms with Crippen LogP contribution < -0.4 is 5.73 Å². The smallest absolute Gasteiger partial charge is 0.264 e. The van der Waals surface area contributed by atoms with Crippen molar-refractivity contribution in [1.82, 2.24) is 9.55 Å². The van der Waals surface area contributed by atoms with Crippen LogP contribution in [0.5, 0.6) is 0 Å². The number of nitrogens with two attached hydrogens (primary N) is 1. The van der Waals surface area contributed by atoms with Crippen LogP contribution in [0.25, 0.3) is 21.8 Å². The molecular formula is C17H13N3O. The van der Waals surface area contributed by atoms with Crippen molar-refractivity contribution in [2.24, 2.45) is 0 Å². The first-order valence-corrected chi connectivity index (χ1v) is 6.72. The summed E-state index contributed by atoms with van der Waals surface area (Å²) in [6, 6.07) is 15.2. The maximum atomic E-state index is 12.9. The summed E-state index contributed by atoms with van der Waals surface area (Å²) in [5.74, 6) is -0.0871. The molecule has 0 aliphatic carbocycles. The predicted molar refractivity (Wildman–Crippen MR) is 84.4 cm³/mol. The molecular weight excluding hydrogens is 262 g/mol. The van der Waals surface area contributed by atoms with Gasteiger partial charge in [0.25, 0.3) is 5.91 Å². The summed E-state index contributed by atoms with van der Waals surface area (Å²) in [6.07, 6.45) is 3.61. The Morgan fingerprint density at radius 3 is 2.71 bits per heavy atom. The van der Waals surface area contributed by atoms with Crippen LogP contribution in [0.2, 0.25) is 0 Å². The minimum absolute atomic E-state index is 0.0871. The number of hydrogen-bond donors (Lipinski definition) is 2. The van der Waals surface area contributed by atoms with Gasteiger partial charge < -0.3 is 10.7 Å². The minimum Gasteiger partial charge on any atom is -0.397 e. The third-order valence-electron chi connectivity index (χ3n) is 3.78. The molecule has 4 rings (SSSR count). The Morgan fingerprint density at radius 1 is 1.00 bits per heavy atom. The van der Waals surface area contributed by atoms with Crippen molar-refractivity contribution in [2.45, 2.75) is 0 Å². The zero-order chi connectivity index (χ0) is 14.4. The van der Waals surface area contributed by atoms with E-state index in [9.17, 15) is 4.79 Å². The van der Waals surface area contributed by atoms with Gasteiger partial charge in [-0.15, -0.1) is 0 Å². The first-order valence-electron chi connectivity index (χ1n) is 6.72. The molecule has 0 radical (unpaired) electrons. The van der Waals surface area contributed by atoms with Gasteiger partial charge >= 0.3 is 0 Å². The van der Waals surface area contributed by atoms with Gasteiger partial charge in [0, 0.05) is 23.2 Å². The van der Waals surface area contributed by atoms with Gasteiger partial charge in [-0.25, -0.2) is 0 Å². The number of aromatic amines is 1. The van der Waals surface area contributed by atoms with Gasteiger partial charge in [-0.3, -0.25) is 9.36 Å². The van der Waals surface area contributed by atoms with E-state index in [1.54, 1.807) is 16.8 Å². The van der Waals surface area contributed by atoms with E-state index >= 15 is 0 Å². The Morgan fingerprint density at radius 2 is 1.81 bits per heavy atom. The maximum Gasteiger partial charge on any atom is 0.264 e. The van der Waals surface area contributed by atoms with Crippen LogP contribution in [0.3, 0.4) is 0 Å². The van der Waals surface area contributed by atoms with E-state index in [1.807, 2.05) is 48.7 Å².